The van der Waals surface area contributed by atoms with Gasteiger partial charge in [-0.1, -0.05) is 0 Å². The van der Waals surface area contributed by atoms with Crippen molar-refractivity contribution in [2.45, 2.75) is 4.71 Å². The first-order valence-electron chi connectivity index (χ1n) is 1.82. The fourth-order valence-electron chi connectivity index (χ4n) is 0.0962. The van der Waals surface area contributed by atoms with E-state index in [1.807, 2.05) is 12.2 Å². The summed E-state index contributed by atoms with van der Waals surface area (Å²) < 4.78 is 0.525. The molecule has 0 aromatic rings. The van der Waals surface area contributed by atoms with Crippen molar-refractivity contribution in [3.63, 3.8) is 0 Å². The molecule has 0 aliphatic carbocycles. The summed E-state index contributed by atoms with van der Waals surface area (Å²) in [5.41, 5.74) is 0. The molecule has 0 saturated heterocycles. The Labute approximate surface area is 47.4 Å². The van der Waals surface area contributed by atoms with Crippen molar-refractivity contribution in [2.75, 3.05) is 0 Å². The van der Waals surface area contributed by atoms with Crippen molar-refractivity contribution >= 4 is 16.9 Å². The monoisotopic (exact) mass is 144 g/mol. The molecule has 0 aliphatic heterocycles. The predicted octanol–water partition coefficient (Wildman–Crippen LogP) is 0.780. The quantitative estimate of drug-likeness (QED) is 0.397. The number of hydrogen-bond donors (Lipinski definition) is 0. The third-order valence-corrected chi connectivity index (χ3v) is 1.69. The number of allylic oxidation sites excluding steroid dienone is 2. The fraction of sp³-hybridized carbons (Fsp3) is 0.200. The Morgan fingerprint density at radius 1 is 1.33 bits per heavy atom. The van der Waals surface area contributed by atoms with E-state index >= 15 is 0 Å². The standard InChI is InChI=1S/C5H9As/c1-3-5(6)4-2/h3-5H,1-2,6H2. The predicted molar refractivity (Wildman–Crippen MR) is 32.7 cm³/mol. The molecule has 0 aromatic heterocycles. The molecule has 1 atom stereocenters. The van der Waals surface area contributed by atoms with Gasteiger partial charge in [0.1, 0.15) is 0 Å². The Balaban J connectivity index is 3.21. The summed E-state index contributed by atoms with van der Waals surface area (Å²) in [6.07, 6.45) is 3.76. The van der Waals surface area contributed by atoms with Crippen LogP contribution in [0.1, 0.15) is 0 Å². The van der Waals surface area contributed by atoms with Crippen LogP contribution in [-0.2, 0) is 0 Å². The Morgan fingerprint density at radius 2 is 1.67 bits per heavy atom. The van der Waals surface area contributed by atoms with Crippen molar-refractivity contribution in [1.29, 1.82) is 0 Å². The minimum atomic E-state index is 0.525. The normalized spacial score (nSPS) is 8.33. The first kappa shape index (κ1) is 6.04. The van der Waals surface area contributed by atoms with Crippen LogP contribution in [0.3, 0.4) is 0 Å². The van der Waals surface area contributed by atoms with Gasteiger partial charge in [0.05, 0.1) is 0 Å². The zero-order valence-corrected chi connectivity index (χ0v) is 6.15. The first-order valence-corrected chi connectivity index (χ1v) is 3.22. The molecule has 0 saturated carbocycles. The van der Waals surface area contributed by atoms with Crippen molar-refractivity contribution in [2.24, 2.45) is 0 Å². The zero-order valence-electron chi connectivity index (χ0n) is 3.72. The van der Waals surface area contributed by atoms with Gasteiger partial charge in [-0.2, -0.15) is 0 Å². The molecule has 0 rings (SSSR count). The van der Waals surface area contributed by atoms with Gasteiger partial charge in [-0.05, 0) is 0 Å². The van der Waals surface area contributed by atoms with Gasteiger partial charge in [0.25, 0.3) is 0 Å². The minimum absolute atomic E-state index is 0.525. The SMILES string of the molecule is C=CC([AsH2])C=C. The zero-order chi connectivity index (χ0) is 4.99. The van der Waals surface area contributed by atoms with Crippen LogP contribution in [0.4, 0.5) is 0 Å². The average molecular weight is 144 g/mol. The summed E-state index contributed by atoms with van der Waals surface area (Å²) in [5.74, 6) is 0. The summed E-state index contributed by atoms with van der Waals surface area (Å²) in [6.45, 7) is 7.15. The summed E-state index contributed by atoms with van der Waals surface area (Å²) in [5, 5.41) is 0. The van der Waals surface area contributed by atoms with Crippen molar-refractivity contribution in [1.82, 2.24) is 0 Å². The van der Waals surface area contributed by atoms with E-state index in [1.165, 1.54) is 0 Å². The molecule has 0 N–H and O–H groups in total. The molecular weight excluding hydrogens is 135 g/mol. The number of hydrogen-bond acceptors (Lipinski definition) is 0. The van der Waals surface area contributed by atoms with Gasteiger partial charge in [0, 0.05) is 0 Å². The molecule has 6 heavy (non-hydrogen) atoms. The molecule has 0 bridgehead atoms. The maximum atomic E-state index is 3.58. The molecule has 0 aliphatic rings. The first-order chi connectivity index (χ1) is 2.81. The Bertz CT molecular complexity index is 49.0. The second-order valence-corrected chi connectivity index (χ2v) is 2.66. The molecular formula is C5H9As. The summed E-state index contributed by atoms with van der Waals surface area (Å²) in [7, 11) is 0. The maximum absolute atomic E-state index is 3.58. The van der Waals surface area contributed by atoms with Crippen LogP contribution in [0, 0.1) is 0 Å². The van der Waals surface area contributed by atoms with Crippen LogP contribution < -0.4 is 0 Å². The van der Waals surface area contributed by atoms with Crippen LogP contribution in [-0.4, -0.2) is 16.9 Å². The Kier molecular flexibility index (Phi) is 3.26. The van der Waals surface area contributed by atoms with Crippen LogP contribution in [0.25, 0.3) is 0 Å². The van der Waals surface area contributed by atoms with E-state index in [9.17, 15) is 0 Å². The molecule has 34 valence electrons. The van der Waals surface area contributed by atoms with Gasteiger partial charge in [-0.25, -0.2) is 0 Å². The van der Waals surface area contributed by atoms with E-state index in [2.05, 4.69) is 13.2 Å². The fourth-order valence-corrected chi connectivity index (χ4v) is 0.0962. The molecule has 1 heteroatoms. The van der Waals surface area contributed by atoms with Crippen LogP contribution in [0.5, 0.6) is 0 Å². The molecule has 0 nitrogen and oxygen atoms in total. The van der Waals surface area contributed by atoms with E-state index in [4.69, 9.17) is 0 Å². The van der Waals surface area contributed by atoms with E-state index in [0.29, 0.717) is 4.71 Å². The van der Waals surface area contributed by atoms with Gasteiger partial charge >= 0.3 is 46.9 Å². The number of rotatable bonds is 2. The summed E-state index contributed by atoms with van der Waals surface area (Å²) in [6, 6.07) is 0. The molecule has 0 radical (unpaired) electrons. The molecule has 0 heterocycles. The third-order valence-electron chi connectivity index (χ3n) is 0.544. The average Bonchev–Trinajstić information content (AvgIpc) is 1.65. The molecule has 1 unspecified atom stereocenters. The molecule has 0 amide bonds. The Hall–Kier alpha value is 0.0384. The molecule has 0 fully saturated rings. The van der Waals surface area contributed by atoms with Crippen molar-refractivity contribution in [3.05, 3.63) is 25.3 Å². The van der Waals surface area contributed by atoms with Gasteiger partial charge in [0.15, 0.2) is 0 Å². The van der Waals surface area contributed by atoms with Crippen molar-refractivity contribution < 1.29 is 0 Å². The summed E-state index contributed by atoms with van der Waals surface area (Å²) in [4.78, 5) is 0. The molecule has 0 aromatic carbocycles. The van der Waals surface area contributed by atoms with Crippen LogP contribution in [0.2, 0.25) is 4.71 Å². The topological polar surface area (TPSA) is 0 Å². The Morgan fingerprint density at radius 3 is 1.67 bits per heavy atom. The van der Waals surface area contributed by atoms with E-state index in [0.717, 1.165) is 0 Å². The van der Waals surface area contributed by atoms with Crippen LogP contribution >= 0.6 is 0 Å². The van der Waals surface area contributed by atoms with Crippen LogP contribution in [0.15, 0.2) is 25.3 Å². The molecule has 0 spiro atoms. The summed E-state index contributed by atoms with van der Waals surface area (Å²) >= 11 is 1.64. The van der Waals surface area contributed by atoms with Crippen molar-refractivity contribution in [3.8, 4) is 0 Å². The second-order valence-electron chi connectivity index (χ2n) is 1.05. The van der Waals surface area contributed by atoms with Gasteiger partial charge < -0.3 is 0 Å². The van der Waals surface area contributed by atoms with Gasteiger partial charge in [-0.15, -0.1) is 0 Å². The van der Waals surface area contributed by atoms with Gasteiger partial charge in [-0.3, -0.25) is 0 Å². The van der Waals surface area contributed by atoms with E-state index in [-0.39, 0.29) is 0 Å². The van der Waals surface area contributed by atoms with E-state index in [1.54, 1.807) is 16.9 Å². The third kappa shape index (κ3) is 2.29. The van der Waals surface area contributed by atoms with E-state index < -0.39 is 0 Å². The second kappa shape index (κ2) is 3.24. The van der Waals surface area contributed by atoms with Gasteiger partial charge in [0.2, 0.25) is 0 Å².